The summed E-state index contributed by atoms with van der Waals surface area (Å²) in [5.41, 5.74) is 1.67. The third kappa shape index (κ3) is 2.56. The number of rotatable bonds is 3. The zero-order chi connectivity index (χ0) is 11.4. The van der Waals surface area contributed by atoms with E-state index in [2.05, 4.69) is 9.97 Å². The molecule has 2 heterocycles. The number of nitrogens with zero attached hydrogens (tertiary/aromatic N) is 2. The monoisotopic (exact) mass is 234 g/mol. The predicted octanol–water partition coefficient (Wildman–Crippen LogP) is 2.41. The van der Waals surface area contributed by atoms with Crippen molar-refractivity contribution < 1.29 is 5.11 Å². The van der Waals surface area contributed by atoms with Gasteiger partial charge in [-0.3, -0.25) is 9.97 Å². The molecule has 0 saturated heterocycles. The van der Waals surface area contributed by atoms with Gasteiger partial charge in [0.15, 0.2) is 0 Å². The van der Waals surface area contributed by atoms with Crippen molar-refractivity contribution in [1.82, 2.24) is 9.97 Å². The molecular formula is C12H11ClN2O. The topological polar surface area (TPSA) is 46.0 Å². The molecule has 2 aromatic rings. The molecule has 0 saturated carbocycles. The highest BCUT2D eigenvalue weighted by molar-refractivity contribution is 6.31. The van der Waals surface area contributed by atoms with Crippen LogP contribution in [0.15, 0.2) is 43.0 Å². The first kappa shape index (κ1) is 11.0. The van der Waals surface area contributed by atoms with Crippen molar-refractivity contribution in [3.8, 4) is 0 Å². The highest BCUT2D eigenvalue weighted by atomic mass is 35.5. The van der Waals surface area contributed by atoms with Gasteiger partial charge in [-0.15, -0.1) is 0 Å². The fourth-order valence-electron chi connectivity index (χ4n) is 1.47. The molecule has 16 heavy (non-hydrogen) atoms. The fourth-order valence-corrected chi connectivity index (χ4v) is 1.67. The standard InChI is InChI=1S/C12H11ClN2O/c13-11-8-15-5-3-9(11)6-12(16)10-2-1-4-14-7-10/h1-5,7-8,12,16H,6H2. The number of pyridine rings is 2. The summed E-state index contributed by atoms with van der Waals surface area (Å²) in [5, 5.41) is 10.6. The Bertz CT molecular complexity index is 462. The molecule has 0 aliphatic rings. The number of aliphatic hydroxyl groups excluding tert-OH is 1. The lowest BCUT2D eigenvalue weighted by atomic mass is 10.0. The smallest absolute Gasteiger partial charge is 0.0845 e. The normalized spacial score (nSPS) is 12.4. The minimum atomic E-state index is -0.589. The molecule has 0 radical (unpaired) electrons. The van der Waals surface area contributed by atoms with E-state index in [0.29, 0.717) is 11.4 Å². The number of aromatic nitrogens is 2. The molecule has 1 atom stereocenters. The van der Waals surface area contributed by atoms with Crippen LogP contribution < -0.4 is 0 Å². The van der Waals surface area contributed by atoms with Gasteiger partial charge in [-0.2, -0.15) is 0 Å². The Morgan fingerprint density at radius 2 is 2.00 bits per heavy atom. The highest BCUT2D eigenvalue weighted by Crippen LogP contribution is 2.21. The minimum Gasteiger partial charge on any atom is -0.388 e. The molecule has 0 fully saturated rings. The van der Waals surface area contributed by atoms with E-state index in [1.807, 2.05) is 12.1 Å². The molecule has 1 unspecified atom stereocenters. The predicted molar refractivity (Wildman–Crippen MR) is 62.1 cm³/mol. The van der Waals surface area contributed by atoms with E-state index in [1.165, 1.54) is 0 Å². The van der Waals surface area contributed by atoms with Crippen molar-refractivity contribution in [2.24, 2.45) is 0 Å². The molecule has 0 aliphatic carbocycles. The van der Waals surface area contributed by atoms with Crippen LogP contribution in [0.5, 0.6) is 0 Å². The summed E-state index contributed by atoms with van der Waals surface area (Å²) < 4.78 is 0. The van der Waals surface area contributed by atoms with Crippen LogP contribution in [-0.4, -0.2) is 15.1 Å². The lowest BCUT2D eigenvalue weighted by Crippen LogP contribution is -2.02. The lowest BCUT2D eigenvalue weighted by molar-refractivity contribution is 0.178. The molecule has 82 valence electrons. The maximum absolute atomic E-state index is 9.98. The maximum Gasteiger partial charge on any atom is 0.0845 e. The lowest BCUT2D eigenvalue weighted by Gasteiger charge is -2.11. The molecule has 4 heteroatoms. The van der Waals surface area contributed by atoms with Gasteiger partial charge < -0.3 is 5.11 Å². The van der Waals surface area contributed by atoms with Crippen LogP contribution in [-0.2, 0) is 6.42 Å². The summed E-state index contributed by atoms with van der Waals surface area (Å²) in [5.74, 6) is 0. The van der Waals surface area contributed by atoms with Gasteiger partial charge in [-0.05, 0) is 23.3 Å². The molecular weight excluding hydrogens is 224 g/mol. The van der Waals surface area contributed by atoms with Crippen LogP contribution in [0.25, 0.3) is 0 Å². The molecule has 0 bridgehead atoms. The molecule has 0 aliphatic heterocycles. The highest BCUT2D eigenvalue weighted by Gasteiger charge is 2.10. The third-order valence-corrected chi connectivity index (χ3v) is 2.68. The molecule has 0 aromatic carbocycles. The minimum absolute atomic E-state index is 0.465. The van der Waals surface area contributed by atoms with Gasteiger partial charge in [0.1, 0.15) is 0 Å². The second kappa shape index (κ2) is 5.05. The first-order valence-electron chi connectivity index (χ1n) is 4.94. The molecule has 2 rings (SSSR count). The summed E-state index contributed by atoms with van der Waals surface area (Å²) in [7, 11) is 0. The zero-order valence-corrected chi connectivity index (χ0v) is 9.30. The second-order valence-electron chi connectivity index (χ2n) is 3.47. The number of aliphatic hydroxyl groups is 1. The van der Waals surface area contributed by atoms with E-state index >= 15 is 0 Å². The molecule has 2 aromatic heterocycles. The second-order valence-corrected chi connectivity index (χ2v) is 3.88. The Balaban J connectivity index is 2.14. The Hall–Kier alpha value is -1.45. The largest absolute Gasteiger partial charge is 0.388 e. The number of hydrogen-bond donors (Lipinski definition) is 1. The summed E-state index contributed by atoms with van der Waals surface area (Å²) >= 11 is 5.97. The SMILES string of the molecule is OC(Cc1ccncc1Cl)c1cccnc1. The van der Waals surface area contributed by atoms with Gasteiger partial charge in [0, 0.05) is 31.2 Å². The maximum atomic E-state index is 9.98. The van der Waals surface area contributed by atoms with E-state index in [0.717, 1.165) is 11.1 Å². The van der Waals surface area contributed by atoms with Crippen LogP contribution in [0.3, 0.4) is 0 Å². The van der Waals surface area contributed by atoms with Crippen LogP contribution >= 0.6 is 11.6 Å². The molecule has 3 nitrogen and oxygen atoms in total. The van der Waals surface area contributed by atoms with E-state index in [4.69, 9.17) is 11.6 Å². The van der Waals surface area contributed by atoms with E-state index in [9.17, 15) is 5.11 Å². The molecule has 0 amide bonds. The zero-order valence-electron chi connectivity index (χ0n) is 8.55. The van der Waals surface area contributed by atoms with Gasteiger partial charge in [-0.1, -0.05) is 17.7 Å². The average molecular weight is 235 g/mol. The van der Waals surface area contributed by atoms with Gasteiger partial charge in [0.2, 0.25) is 0 Å². The van der Waals surface area contributed by atoms with E-state index < -0.39 is 6.10 Å². The van der Waals surface area contributed by atoms with Gasteiger partial charge in [-0.25, -0.2) is 0 Å². The summed E-state index contributed by atoms with van der Waals surface area (Å²) in [6.07, 6.45) is 6.44. The Morgan fingerprint density at radius 1 is 1.19 bits per heavy atom. The molecule has 1 N–H and O–H groups in total. The van der Waals surface area contributed by atoms with Gasteiger partial charge >= 0.3 is 0 Å². The van der Waals surface area contributed by atoms with Crippen LogP contribution in [0.4, 0.5) is 0 Å². The average Bonchev–Trinajstić information content (AvgIpc) is 2.33. The Kier molecular flexibility index (Phi) is 3.49. The van der Waals surface area contributed by atoms with Gasteiger partial charge in [0.25, 0.3) is 0 Å². The van der Waals surface area contributed by atoms with Crippen molar-refractivity contribution in [3.63, 3.8) is 0 Å². The van der Waals surface area contributed by atoms with Crippen molar-refractivity contribution in [2.75, 3.05) is 0 Å². The fraction of sp³-hybridized carbons (Fsp3) is 0.167. The van der Waals surface area contributed by atoms with E-state index in [-0.39, 0.29) is 0 Å². The van der Waals surface area contributed by atoms with Crippen molar-refractivity contribution in [1.29, 1.82) is 0 Å². The summed E-state index contributed by atoms with van der Waals surface area (Å²) in [4.78, 5) is 7.86. The Morgan fingerprint density at radius 3 is 2.69 bits per heavy atom. The molecule has 0 spiro atoms. The quantitative estimate of drug-likeness (QED) is 0.887. The van der Waals surface area contributed by atoms with Gasteiger partial charge in [0.05, 0.1) is 11.1 Å². The third-order valence-electron chi connectivity index (χ3n) is 2.34. The first-order chi connectivity index (χ1) is 7.77. The van der Waals surface area contributed by atoms with Crippen molar-refractivity contribution in [2.45, 2.75) is 12.5 Å². The summed E-state index contributed by atoms with van der Waals surface area (Å²) in [6.45, 7) is 0. The van der Waals surface area contributed by atoms with Crippen LogP contribution in [0.1, 0.15) is 17.2 Å². The van der Waals surface area contributed by atoms with E-state index in [1.54, 1.807) is 30.9 Å². The number of hydrogen-bond acceptors (Lipinski definition) is 3. The Labute approximate surface area is 98.8 Å². The summed E-state index contributed by atoms with van der Waals surface area (Å²) in [6, 6.07) is 5.45. The van der Waals surface area contributed by atoms with Crippen LogP contribution in [0.2, 0.25) is 5.02 Å². The number of halogens is 1. The first-order valence-corrected chi connectivity index (χ1v) is 5.31. The van der Waals surface area contributed by atoms with Crippen LogP contribution in [0, 0.1) is 0 Å². The van der Waals surface area contributed by atoms with Crippen molar-refractivity contribution in [3.05, 3.63) is 59.1 Å². The van der Waals surface area contributed by atoms with Crippen molar-refractivity contribution >= 4 is 11.6 Å².